The summed E-state index contributed by atoms with van der Waals surface area (Å²) in [4.78, 5) is 3.68. The second-order valence-corrected chi connectivity index (χ2v) is 5.03. The molecule has 0 radical (unpaired) electrons. The van der Waals surface area contributed by atoms with Crippen molar-refractivity contribution in [2.24, 2.45) is 0 Å². The summed E-state index contributed by atoms with van der Waals surface area (Å²) < 4.78 is 48.9. The minimum absolute atomic E-state index is 0.00478. The highest BCUT2D eigenvalue weighted by atomic mass is 32.1. The fourth-order valence-corrected chi connectivity index (χ4v) is 2.76. The first-order chi connectivity index (χ1) is 9.49. The Morgan fingerprint density at radius 1 is 1.25 bits per heavy atom. The third-order valence-electron chi connectivity index (χ3n) is 2.73. The molecule has 0 fully saturated rings. The summed E-state index contributed by atoms with van der Waals surface area (Å²) in [7, 11) is 0. The Bertz CT molecular complexity index is 679. The number of hydrogen-bond donors (Lipinski definition) is 0. The molecule has 0 aliphatic carbocycles. The number of ether oxygens (including phenoxy) is 2. The molecule has 0 N–H and O–H groups in total. The average Bonchev–Trinajstić information content (AvgIpc) is 3.03. The topological polar surface area (TPSA) is 31.4 Å². The standard InChI is InChI=1S/C13H8F3NO2S/c1-2-10-11(13(14,15)16)17-12(20-10)7-3-4-8-9(5-7)19-6-18-8/h2-5H,1,6H2. The lowest BCUT2D eigenvalue weighted by atomic mass is 10.2. The van der Waals surface area contributed by atoms with Gasteiger partial charge in [-0.2, -0.15) is 13.2 Å². The maximum Gasteiger partial charge on any atom is 0.434 e. The van der Waals surface area contributed by atoms with Gasteiger partial charge in [0.1, 0.15) is 5.01 Å². The van der Waals surface area contributed by atoms with Crippen LogP contribution in [0.2, 0.25) is 0 Å². The zero-order chi connectivity index (χ0) is 14.3. The first-order valence-corrected chi connectivity index (χ1v) is 6.41. The molecule has 1 aliphatic rings. The van der Waals surface area contributed by atoms with Gasteiger partial charge in [-0.05, 0) is 24.3 Å². The van der Waals surface area contributed by atoms with Crippen molar-refractivity contribution in [2.45, 2.75) is 6.18 Å². The van der Waals surface area contributed by atoms with Gasteiger partial charge in [0.05, 0.1) is 4.88 Å². The molecule has 2 heterocycles. The van der Waals surface area contributed by atoms with Crippen molar-refractivity contribution in [3.8, 4) is 22.1 Å². The Kier molecular flexibility index (Phi) is 2.93. The summed E-state index contributed by atoms with van der Waals surface area (Å²) in [6.45, 7) is 3.51. The van der Waals surface area contributed by atoms with Gasteiger partial charge in [0.15, 0.2) is 17.2 Å². The maximum absolute atomic E-state index is 12.8. The van der Waals surface area contributed by atoms with Gasteiger partial charge in [0, 0.05) is 5.56 Å². The van der Waals surface area contributed by atoms with E-state index in [-0.39, 0.29) is 16.7 Å². The summed E-state index contributed by atoms with van der Waals surface area (Å²) in [5.41, 5.74) is -0.358. The molecule has 1 aromatic carbocycles. The Morgan fingerprint density at radius 2 is 2.00 bits per heavy atom. The van der Waals surface area contributed by atoms with Gasteiger partial charge in [-0.15, -0.1) is 11.3 Å². The number of thiazole rings is 1. The predicted octanol–water partition coefficient (Wildman–Crippen LogP) is 4.20. The summed E-state index contributed by atoms with van der Waals surface area (Å²) in [6, 6.07) is 4.92. The molecule has 0 amide bonds. The molecule has 0 saturated heterocycles. The van der Waals surface area contributed by atoms with Crippen LogP contribution in [0.1, 0.15) is 10.6 Å². The summed E-state index contributed by atoms with van der Waals surface area (Å²) in [5.74, 6) is 1.08. The molecule has 1 aliphatic heterocycles. The lowest BCUT2D eigenvalue weighted by Crippen LogP contribution is -2.06. The van der Waals surface area contributed by atoms with Crippen molar-refractivity contribution < 1.29 is 22.6 Å². The minimum atomic E-state index is -4.49. The third kappa shape index (κ3) is 2.14. The lowest BCUT2D eigenvalue weighted by molar-refractivity contribution is -0.140. The molecule has 20 heavy (non-hydrogen) atoms. The summed E-state index contributed by atoms with van der Waals surface area (Å²) >= 11 is 0.939. The Labute approximate surface area is 116 Å². The molecule has 3 nitrogen and oxygen atoms in total. The molecule has 0 unspecified atom stereocenters. The van der Waals surface area contributed by atoms with Gasteiger partial charge in [0.25, 0.3) is 0 Å². The number of benzene rings is 1. The highest BCUT2D eigenvalue weighted by Crippen LogP contribution is 2.41. The number of nitrogens with zero attached hydrogens (tertiary/aromatic N) is 1. The van der Waals surface area contributed by atoms with Gasteiger partial charge in [0.2, 0.25) is 6.79 Å². The second kappa shape index (κ2) is 4.52. The van der Waals surface area contributed by atoms with Crippen molar-refractivity contribution in [2.75, 3.05) is 6.79 Å². The van der Waals surface area contributed by atoms with Crippen molar-refractivity contribution in [3.63, 3.8) is 0 Å². The van der Waals surface area contributed by atoms with Crippen LogP contribution in [-0.2, 0) is 6.18 Å². The van der Waals surface area contributed by atoms with E-state index in [2.05, 4.69) is 11.6 Å². The fraction of sp³-hybridized carbons (Fsp3) is 0.154. The second-order valence-electron chi connectivity index (χ2n) is 4.00. The van der Waals surface area contributed by atoms with Crippen molar-refractivity contribution in [1.82, 2.24) is 4.98 Å². The van der Waals surface area contributed by atoms with Crippen LogP contribution < -0.4 is 9.47 Å². The SMILES string of the molecule is C=Cc1sc(-c2ccc3c(c2)OCO3)nc1C(F)(F)F. The Hall–Kier alpha value is -2.02. The van der Waals surface area contributed by atoms with E-state index in [1.54, 1.807) is 18.2 Å². The quantitative estimate of drug-likeness (QED) is 0.832. The Morgan fingerprint density at radius 3 is 2.65 bits per heavy atom. The molecule has 0 bridgehead atoms. The van der Waals surface area contributed by atoms with E-state index < -0.39 is 11.9 Å². The number of alkyl halides is 3. The van der Waals surface area contributed by atoms with E-state index in [1.807, 2.05) is 0 Å². The zero-order valence-electron chi connectivity index (χ0n) is 10.0. The van der Waals surface area contributed by atoms with Crippen LogP contribution in [-0.4, -0.2) is 11.8 Å². The summed E-state index contributed by atoms with van der Waals surface area (Å²) in [6.07, 6.45) is -3.33. The Balaban J connectivity index is 2.07. The van der Waals surface area contributed by atoms with Crippen LogP contribution in [0.15, 0.2) is 24.8 Å². The third-order valence-corrected chi connectivity index (χ3v) is 3.83. The lowest BCUT2D eigenvalue weighted by Gasteiger charge is -2.02. The molecule has 0 spiro atoms. The summed E-state index contributed by atoms with van der Waals surface area (Å²) in [5, 5.41) is 0.269. The predicted molar refractivity (Wildman–Crippen MR) is 68.8 cm³/mol. The van der Waals surface area contributed by atoms with E-state index in [1.165, 1.54) is 0 Å². The number of aromatic nitrogens is 1. The van der Waals surface area contributed by atoms with E-state index in [0.29, 0.717) is 17.1 Å². The van der Waals surface area contributed by atoms with E-state index in [9.17, 15) is 13.2 Å². The van der Waals surface area contributed by atoms with Gasteiger partial charge in [-0.3, -0.25) is 0 Å². The fourth-order valence-electron chi connectivity index (χ4n) is 1.83. The first-order valence-electron chi connectivity index (χ1n) is 5.59. The van der Waals surface area contributed by atoms with E-state index in [4.69, 9.17) is 9.47 Å². The van der Waals surface area contributed by atoms with Crippen LogP contribution in [0.25, 0.3) is 16.6 Å². The number of halogens is 3. The first kappa shape index (κ1) is 13.0. The zero-order valence-corrected chi connectivity index (χ0v) is 10.8. The van der Waals surface area contributed by atoms with E-state index >= 15 is 0 Å². The molecule has 0 saturated carbocycles. The molecular formula is C13H8F3NO2S. The molecule has 7 heteroatoms. The average molecular weight is 299 g/mol. The monoisotopic (exact) mass is 299 g/mol. The van der Waals surface area contributed by atoms with Crippen LogP contribution >= 0.6 is 11.3 Å². The van der Waals surface area contributed by atoms with Crippen molar-refractivity contribution in [1.29, 1.82) is 0 Å². The van der Waals surface area contributed by atoms with Crippen LogP contribution in [0, 0.1) is 0 Å². The van der Waals surface area contributed by atoms with Gasteiger partial charge < -0.3 is 9.47 Å². The van der Waals surface area contributed by atoms with Gasteiger partial charge in [-0.1, -0.05) is 6.58 Å². The minimum Gasteiger partial charge on any atom is -0.454 e. The van der Waals surface area contributed by atoms with E-state index in [0.717, 1.165) is 17.4 Å². The van der Waals surface area contributed by atoms with Crippen LogP contribution in [0.3, 0.4) is 0 Å². The van der Waals surface area contributed by atoms with Crippen LogP contribution in [0.5, 0.6) is 11.5 Å². The van der Waals surface area contributed by atoms with Gasteiger partial charge in [-0.25, -0.2) is 4.98 Å². The van der Waals surface area contributed by atoms with Crippen molar-refractivity contribution >= 4 is 17.4 Å². The highest BCUT2D eigenvalue weighted by Gasteiger charge is 2.36. The smallest absolute Gasteiger partial charge is 0.434 e. The molecular weight excluding hydrogens is 291 g/mol. The molecule has 0 atom stereocenters. The number of hydrogen-bond acceptors (Lipinski definition) is 4. The number of rotatable bonds is 2. The maximum atomic E-state index is 12.8. The van der Waals surface area contributed by atoms with Crippen molar-refractivity contribution in [3.05, 3.63) is 35.3 Å². The molecule has 3 rings (SSSR count). The van der Waals surface area contributed by atoms with Crippen LogP contribution in [0.4, 0.5) is 13.2 Å². The molecule has 104 valence electrons. The molecule has 2 aromatic rings. The largest absolute Gasteiger partial charge is 0.454 e. The normalized spacial score (nSPS) is 13.6. The number of fused-ring (bicyclic) bond motifs is 1. The molecule has 1 aromatic heterocycles. The van der Waals surface area contributed by atoms with Gasteiger partial charge >= 0.3 is 6.18 Å². The highest BCUT2D eigenvalue weighted by molar-refractivity contribution is 7.16.